The monoisotopic (exact) mass is 499 g/mol. The molecular formula is C27H25N5O3S. The summed E-state index contributed by atoms with van der Waals surface area (Å²) in [5.41, 5.74) is 6.93. The number of rotatable bonds is 9. The lowest BCUT2D eigenvalue weighted by atomic mass is 10.1. The number of nitro groups is 1. The summed E-state index contributed by atoms with van der Waals surface area (Å²) >= 11 is 1.35. The van der Waals surface area contributed by atoms with E-state index in [9.17, 15) is 14.9 Å². The van der Waals surface area contributed by atoms with E-state index in [1.54, 1.807) is 12.1 Å². The fraction of sp³-hybridized carbons (Fsp3) is 0.148. The van der Waals surface area contributed by atoms with Gasteiger partial charge in [0.2, 0.25) is 0 Å². The zero-order chi connectivity index (χ0) is 25.5. The van der Waals surface area contributed by atoms with Gasteiger partial charge in [0.1, 0.15) is 0 Å². The van der Waals surface area contributed by atoms with Crippen molar-refractivity contribution in [2.75, 3.05) is 0 Å². The number of benzene rings is 3. The number of thioether (sulfide) groups is 1. The third-order valence-electron chi connectivity index (χ3n) is 5.39. The Labute approximate surface area is 213 Å². The van der Waals surface area contributed by atoms with Crippen molar-refractivity contribution in [3.05, 3.63) is 101 Å². The van der Waals surface area contributed by atoms with Gasteiger partial charge >= 0.3 is 0 Å². The molecule has 0 saturated carbocycles. The van der Waals surface area contributed by atoms with E-state index >= 15 is 0 Å². The summed E-state index contributed by atoms with van der Waals surface area (Å²) in [5.74, 6) is -0.248. The van der Waals surface area contributed by atoms with Crippen LogP contribution in [0.3, 0.4) is 0 Å². The van der Waals surface area contributed by atoms with Crippen molar-refractivity contribution in [3.8, 4) is 22.5 Å². The molecule has 1 unspecified atom stereocenters. The number of carbonyl (C=O) groups excluding carboxylic acids is 1. The first-order valence-corrected chi connectivity index (χ1v) is 12.2. The summed E-state index contributed by atoms with van der Waals surface area (Å²) < 4.78 is 0. The topological polar surface area (TPSA) is 113 Å². The molecule has 36 heavy (non-hydrogen) atoms. The highest BCUT2D eigenvalue weighted by atomic mass is 32.2. The summed E-state index contributed by atoms with van der Waals surface area (Å²) in [7, 11) is 0. The minimum absolute atomic E-state index is 0.00403. The van der Waals surface area contributed by atoms with Gasteiger partial charge in [0.05, 0.1) is 27.8 Å². The number of aromatic nitrogens is 2. The second kappa shape index (κ2) is 11.5. The Morgan fingerprint density at radius 1 is 1.00 bits per heavy atom. The lowest BCUT2D eigenvalue weighted by Gasteiger charge is -2.16. The normalized spacial score (nSPS) is 12.1. The molecule has 0 spiro atoms. The predicted octanol–water partition coefficient (Wildman–Crippen LogP) is 5.92. The molecule has 2 N–H and O–H groups in total. The molecular weight excluding hydrogens is 474 g/mol. The Morgan fingerprint density at radius 3 is 2.19 bits per heavy atom. The number of hydrazone groups is 1. The molecule has 0 bridgehead atoms. The Kier molecular flexibility index (Phi) is 7.92. The number of amides is 1. The van der Waals surface area contributed by atoms with Crippen LogP contribution in [-0.2, 0) is 4.79 Å². The van der Waals surface area contributed by atoms with Crippen molar-refractivity contribution < 1.29 is 9.72 Å². The molecule has 1 heterocycles. The molecule has 0 fully saturated rings. The van der Waals surface area contributed by atoms with Gasteiger partial charge in [-0.25, -0.2) is 10.4 Å². The fourth-order valence-corrected chi connectivity index (χ4v) is 4.53. The SMILES string of the molecule is CC(C)C(Sc1nc(-c2ccccc2)c(-c2ccccc2)[nH]1)C(=O)N/N=C/c1ccc([N+](=O)[O-])cc1. The van der Waals surface area contributed by atoms with Crippen molar-refractivity contribution >= 4 is 29.6 Å². The lowest BCUT2D eigenvalue weighted by molar-refractivity contribution is -0.384. The zero-order valence-electron chi connectivity index (χ0n) is 19.8. The van der Waals surface area contributed by atoms with Crippen molar-refractivity contribution in [3.63, 3.8) is 0 Å². The minimum atomic E-state index is -0.464. The maximum atomic E-state index is 13.0. The summed E-state index contributed by atoms with van der Waals surface area (Å²) in [6.07, 6.45) is 1.46. The molecule has 0 aliphatic heterocycles. The molecule has 1 aromatic heterocycles. The van der Waals surface area contributed by atoms with E-state index in [0.717, 1.165) is 22.5 Å². The van der Waals surface area contributed by atoms with Crippen molar-refractivity contribution in [2.45, 2.75) is 24.3 Å². The second-order valence-electron chi connectivity index (χ2n) is 8.36. The summed E-state index contributed by atoms with van der Waals surface area (Å²) in [5, 5.41) is 15.0. The number of carbonyl (C=O) groups is 1. The molecule has 182 valence electrons. The highest BCUT2D eigenvalue weighted by Gasteiger charge is 2.26. The van der Waals surface area contributed by atoms with Crippen LogP contribution in [0.15, 0.2) is 95.2 Å². The largest absolute Gasteiger partial charge is 0.332 e. The van der Waals surface area contributed by atoms with Crippen molar-refractivity contribution in [2.24, 2.45) is 11.0 Å². The quantitative estimate of drug-likeness (QED) is 0.128. The molecule has 0 aliphatic rings. The first-order valence-electron chi connectivity index (χ1n) is 11.4. The van der Waals surface area contributed by atoms with Gasteiger partial charge < -0.3 is 4.98 Å². The first kappa shape index (κ1) is 24.9. The van der Waals surface area contributed by atoms with Gasteiger partial charge in [-0.3, -0.25) is 14.9 Å². The van der Waals surface area contributed by atoms with E-state index in [0.29, 0.717) is 10.7 Å². The van der Waals surface area contributed by atoms with Gasteiger partial charge in [0.15, 0.2) is 5.16 Å². The molecule has 1 atom stereocenters. The van der Waals surface area contributed by atoms with Crippen LogP contribution >= 0.6 is 11.8 Å². The van der Waals surface area contributed by atoms with E-state index in [1.807, 2.05) is 74.5 Å². The van der Waals surface area contributed by atoms with Crippen LogP contribution in [0, 0.1) is 16.0 Å². The Balaban J connectivity index is 1.53. The molecule has 0 aliphatic carbocycles. The highest BCUT2D eigenvalue weighted by Crippen LogP contribution is 2.35. The van der Waals surface area contributed by atoms with Crippen LogP contribution in [0.4, 0.5) is 5.69 Å². The zero-order valence-corrected chi connectivity index (χ0v) is 20.6. The van der Waals surface area contributed by atoms with Crippen LogP contribution in [0.1, 0.15) is 19.4 Å². The highest BCUT2D eigenvalue weighted by molar-refractivity contribution is 8.00. The second-order valence-corrected chi connectivity index (χ2v) is 9.49. The van der Waals surface area contributed by atoms with E-state index in [4.69, 9.17) is 4.98 Å². The average Bonchev–Trinajstić information content (AvgIpc) is 3.32. The van der Waals surface area contributed by atoms with E-state index in [1.165, 1.54) is 30.1 Å². The smallest absolute Gasteiger partial charge is 0.269 e. The number of hydrogen-bond acceptors (Lipinski definition) is 6. The number of H-pyrrole nitrogens is 1. The van der Waals surface area contributed by atoms with Crippen LogP contribution in [0.2, 0.25) is 0 Å². The van der Waals surface area contributed by atoms with E-state index in [-0.39, 0.29) is 17.5 Å². The standard InChI is InChI=1S/C27H25N5O3S/c1-18(2)25(26(33)31-28-17-19-13-15-22(16-14-19)32(34)35)36-27-29-23(20-9-5-3-6-10-20)24(30-27)21-11-7-4-8-12-21/h3-18,25H,1-2H3,(H,29,30)(H,31,33)/b28-17+. The Morgan fingerprint density at radius 2 is 1.61 bits per heavy atom. The summed E-state index contributed by atoms with van der Waals surface area (Å²) in [4.78, 5) is 31.6. The van der Waals surface area contributed by atoms with Crippen LogP contribution in [-0.4, -0.2) is 32.3 Å². The average molecular weight is 500 g/mol. The molecule has 4 aromatic rings. The number of hydrogen-bond donors (Lipinski definition) is 2. The van der Waals surface area contributed by atoms with Gasteiger partial charge in [-0.05, 0) is 23.6 Å². The van der Waals surface area contributed by atoms with Gasteiger partial charge in [-0.1, -0.05) is 86.3 Å². The number of nitrogens with one attached hydrogen (secondary N) is 2. The van der Waals surface area contributed by atoms with Gasteiger partial charge in [0.25, 0.3) is 11.6 Å². The molecule has 4 rings (SSSR count). The minimum Gasteiger partial charge on any atom is -0.332 e. The summed E-state index contributed by atoms with van der Waals surface area (Å²) in [6.45, 7) is 3.94. The van der Waals surface area contributed by atoms with Gasteiger partial charge in [-0.15, -0.1) is 0 Å². The van der Waals surface area contributed by atoms with Crippen molar-refractivity contribution in [1.29, 1.82) is 0 Å². The molecule has 3 aromatic carbocycles. The summed E-state index contributed by atoms with van der Waals surface area (Å²) in [6, 6.07) is 25.8. The van der Waals surface area contributed by atoms with Crippen LogP contribution in [0.25, 0.3) is 22.5 Å². The molecule has 0 radical (unpaired) electrons. The predicted molar refractivity (Wildman–Crippen MR) is 143 cm³/mol. The number of aromatic amines is 1. The lowest BCUT2D eigenvalue weighted by Crippen LogP contribution is -2.33. The molecule has 8 nitrogen and oxygen atoms in total. The number of nitrogens with zero attached hydrogens (tertiary/aromatic N) is 3. The number of non-ortho nitro benzene ring substituents is 1. The molecule has 0 saturated heterocycles. The molecule has 1 amide bonds. The Hall–Kier alpha value is -4.24. The number of imidazole rings is 1. The maximum absolute atomic E-state index is 13.0. The third kappa shape index (κ3) is 6.05. The van der Waals surface area contributed by atoms with Gasteiger partial charge in [0, 0.05) is 23.3 Å². The van der Waals surface area contributed by atoms with Gasteiger partial charge in [-0.2, -0.15) is 5.10 Å². The van der Waals surface area contributed by atoms with Crippen LogP contribution in [0.5, 0.6) is 0 Å². The number of nitro benzene ring substituents is 1. The van der Waals surface area contributed by atoms with E-state index < -0.39 is 10.2 Å². The van der Waals surface area contributed by atoms with Crippen LogP contribution < -0.4 is 5.43 Å². The van der Waals surface area contributed by atoms with E-state index in [2.05, 4.69) is 15.5 Å². The Bertz CT molecular complexity index is 1300. The third-order valence-corrected chi connectivity index (χ3v) is 6.82. The molecule has 9 heteroatoms. The van der Waals surface area contributed by atoms with Crippen molar-refractivity contribution in [1.82, 2.24) is 15.4 Å². The first-order chi connectivity index (χ1) is 17.4. The fourth-order valence-electron chi connectivity index (χ4n) is 3.55. The maximum Gasteiger partial charge on any atom is 0.269 e.